The lowest BCUT2D eigenvalue weighted by Crippen LogP contribution is -2.37. The quantitative estimate of drug-likeness (QED) is 0.0401. The van der Waals surface area contributed by atoms with E-state index in [0.29, 0.717) is 65.8 Å². The summed E-state index contributed by atoms with van der Waals surface area (Å²) in [5.74, 6) is 11.9. The molecule has 0 aromatic heterocycles. The molecule has 144 heavy (non-hydrogen) atoms. The summed E-state index contributed by atoms with van der Waals surface area (Å²) in [6, 6.07) is 40.7. The molecule has 0 N–H and O–H groups in total. The summed E-state index contributed by atoms with van der Waals surface area (Å²) in [5.41, 5.74) is 4.88. The Balaban J connectivity index is 0.000000400. The van der Waals surface area contributed by atoms with E-state index < -0.39 is 0 Å². The number of methoxy groups -OCH3 is 1. The Morgan fingerprint density at radius 2 is 0.764 bits per heavy atom. The Bertz CT molecular complexity index is 3470. The molecular weight excluding hydrogens is 1790 g/mol. The van der Waals surface area contributed by atoms with E-state index >= 15 is 0 Å². The summed E-state index contributed by atoms with van der Waals surface area (Å²) >= 11 is 0. The first-order valence-corrected chi connectivity index (χ1v) is 59.7. The number of benzene rings is 4. The van der Waals surface area contributed by atoms with Crippen molar-refractivity contribution in [3.05, 3.63) is 138 Å². The van der Waals surface area contributed by atoms with Crippen molar-refractivity contribution in [1.82, 2.24) is 0 Å². The smallest absolute Gasteiger partial charge is 0.119 e. The predicted octanol–water partition coefficient (Wildman–Crippen LogP) is 35.4. The topological polar surface area (TPSA) is 129 Å². The maximum atomic E-state index is 5.88. The van der Waals surface area contributed by atoms with Crippen LogP contribution in [0.4, 0.5) is 0 Å². The molecule has 16 rings (SSSR count). The molecule has 8 bridgehead atoms. The van der Waals surface area contributed by atoms with Gasteiger partial charge in [-0.05, 0) is 419 Å². The Hall–Kier alpha value is -3.84. The fourth-order valence-electron chi connectivity index (χ4n) is 22.7. The van der Waals surface area contributed by atoms with Crippen LogP contribution in [0.2, 0.25) is 0 Å². The molecule has 4 aromatic rings. The number of hydrogen-bond acceptors (Lipinski definition) is 14. The summed E-state index contributed by atoms with van der Waals surface area (Å²) in [6.07, 6.45) is 57.5. The van der Waals surface area contributed by atoms with Crippen LogP contribution in [-0.4, -0.2) is 159 Å². The van der Waals surface area contributed by atoms with Crippen LogP contribution < -0.4 is 4.74 Å². The van der Waals surface area contributed by atoms with Gasteiger partial charge in [-0.15, -0.1) is 0 Å². The fourth-order valence-corrected chi connectivity index (χ4v) is 22.7. The standard InChI is InChI=1S/C12H22O.C11H20O.2C11H16O.C10H18O.C10H14O.C10H20O.C9H16O.C9H18O.C9H12O.C9H18O.C8H16O.C6H14O.C5H12O/c1-5-13-10-8-9-6-7-12(10,4)11(9,2)3;1-2-12-6-5-11-8-9-3-4-10(11)7-9;1-10(2)12-9-8-11-6-4-3-5-7-11;1-3-10(2)12-9-11-7-5-4-6-8-11;1-2-11-7-10-6-8-3-4-9(10)5-8;1-9(2)11-8-10-6-4-3-5-7-10;1-2-11-9-8-10-6-4-3-5-7-10;1-2-10-9-6-7-3-4-8(9)5-7;2*1-8(2)10-9-6-4-3-5-7-9;1-2-10-8-9-6-4-3-5-7-9;1-7(2)9-8-5-3-4-6-8;1-5-7-6(2,3)4;1-5(2,3)6-4/h9-10H,5-8H2,1-4H3;9-11H,2-8H2,1H3;3-7,10H,8-9H2,1-2H3;4-8,10H,3,9H2,1-2H3;8-10H,2-7H2,1H3;3-7,9H,8H2,1-2H3;10H,2-9H2,1H3;7-9H,2-6H2,1H3;8-9H,3-7H2,1-2H3;3-8H,1-2H3;9H,2-8H2,1H3;7-8H,3-6H2,1-2H3;5H2,1-4H3;1-4H3. The van der Waals surface area contributed by atoms with E-state index in [1.807, 2.05) is 128 Å². The third-order valence-corrected chi connectivity index (χ3v) is 31.3. The fraction of sp³-hybridized carbons (Fsp3) is 0.815. The molecule has 836 valence electrons. The molecule has 13 atom stereocenters. The van der Waals surface area contributed by atoms with Gasteiger partial charge in [-0.25, -0.2) is 0 Å². The van der Waals surface area contributed by atoms with Crippen LogP contribution in [-0.2, 0) is 81.2 Å². The molecule has 0 heterocycles. The van der Waals surface area contributed by atoms with Crippen molar-refractivity contribution in [2.24, 2.45) is 75.9 Å². The SMILES string of the molecule is CC(C)OC1CCCC1.CC(C)OC1CCCCC1.CC(C)OCCc1ccccc1.CC(C)OCc1ccccc1.CC(C)Oc1ccccc1.CCC(C)OCc1ccccc1.CCOC(C)(C)C.CCOC1CC2CCC1(C)C2(C)C.CCOC1CC2CCC1C2.CCOCC1CC2CCC1C2.CCOCC1CCCCC1.CCOCCC1CC2CCC1C2.CCOCCC1CCCCC1.COC(C)(C)C. The van der Waals surface area contributed by atoms with Crippen molar-refractivity contribution in [3.63, 3.8) is 0 Å². The highest BCUT2D eigenvalue weighted by Gasteiger charge is 2.62. The van der Waals surface area contributed by atoms with E-state index in [9.17, 15) is 0 Å². The van der Waals surface area contributed by atoms with Gasteiger partial charge in [-0.1, -0.05) is 233 Å². The van der Waals surface area contributed by atoms with Crippen molar-refractivity contribution in [2.45, 2.75) is 523 Å². The highest BCUT2D eigenvalue weighted by molar-refractivity contribution is 5.21. The second-order valence-corrected chi connectivity index (χ2v) is 47.3. The van der Waals surface area contributed by atoms with Gasteiger partial charge in [-0.3, -0.25) is 0 Å². The van der Waals surface area contributed by atoms with Crippen molar-refractivity contribution in [1.29, 1.82) is 0 Å². The van der Waals surface area contributed by atoms with Gasteiger partial charge in [0.25, 0.3) is 0 Å². The van der Waals surface area contributed by atoms with Gasteiger partial charge in [0, 0.05) is 79.8 Å². The average Bonchev–Trinajstić information content (AvgIpc) is 1.56. The Morgan fingerprint density at radius 1 is 0.347 bits per heavy atom. The summed E-state index contributed by atoms with van der Waals surface area (Å²) in [6.45, 7) is 71.5. The van der Waals surface area contributed by atoms with Gasteiger partial charge in [0.2, 0.25) is 0 Å². The van der Waals surface area contributed by atoms with E-state index in [1.165, 1.54) is 248 Å². The lowest BCUT2D eigenvalue weighted by atomic mass is 9.70. The minimum atomic E-state index is 0.0417. The van der Waals surface area contributed by atoms with E-state index in [4.69, 9.17) is 66.3 Å². The molecule has 12 saturated carbocycles. The normalized spacial score (nSPS) is 24.2. The summed E-state index contributed by atoms with van der Waals surface area (Å²) in [7, 11) is 1.71. The van der Waals surface area contributed by atoms with Gasteiger partial charge in [0.05, 0.1) is 92.1 Å². The van der Waals surface area contributed by atoms with Crippen LogP contribution in [0.5, 0.6) is 5.75 Å². The summed E-state index contributed by atoms with van der Waals surface area (Å²) < 4.78 is 76.4. The highest BCUT2D eigenvalue weighted by Crippen LogP contribution is 2.66. The maximum Gasteiger partial charge on any atom is 0.119 e. The molecule has 14 nitrogen and oxygen atoms in total. The third-order valence-electron chi connectivity index (χ3n) is 31.3. The number of fused-ring (bicyclic) bond motifs is 8. The molecule has 0 saturated heterocycles. The number of rotatable bonds is 36. The zero-order valence-electron chi connectivity index (χ0n) is 99.2. The molecule has 0 radical (unpaired) electrons. The van der Waals surface area contributed by atoms with Crippen LogP contribution in [0.1, 0.15) is 448 Å². The number of hydrogen-bond donors (Lipinski definition) is 0. The van der Waals surface area contributed by atoms with Crippen LogP contribution >= 0.6 is 0 Å². The van der Waals surface area contributed by atoms with Gasteiger partial charge in [0.15, 0.2) is 0 Å². The van der Waals surface area contributed by atoms with Gasteiger partial charge < -0.3 is 66.3 Å². The van der Waals surface area contributed by atoms with Gasteiger partial charge in [0.1, 0.15) is 5.75 Å². The summed E-state index contributed by atoms with van der Waals surface area (Å²) in [5, 5.41) is 0. The molecule has 0 aliphatic heterocycles. The first-order chi connectivity index (χ1) is 69.0. The molecule has 4 aromatic carbocycles. The largest absolute Gasteiger partial charge is 0.491 e. The zero-order valence-corrected chi connectivity index (χ0v) is 99.2. The van der Waals surface area contributed by atoms with E-state index in [2.05, 4.69) is 187 Å². The van der Waals surface area contributed by atoms with Crippen molar-refractivity contribution >= 4 is 0 Å². The van der Waals surface area contributed by atoms with Gasteiger partial charge in [-0.2, -0.15) is 0 Å². The minimum absolute atomic E-state index is 0.0417. The second-order valence-electron chi connectivity index (χ2n) is 47.3. The van der Waals surface area contributed by atoms with Crippen LogP contribution in [0, 0.1) is 75.9 Å². The average molecular weight is 2020 g/mol. The monoisotopic (exact) mass is 2020 g/mol. The Kier molecular flexibility index (Phi) is 75.5. The second kappa shape index (κ2) is 80.9. The highest BCUT2D eigenvalue weighted by atomic mass is 16.5. The predicted molar refractivity (Wildman–Crippen MR) is 612 cm³/mol. The number of para-hydroxylation sites is 1. The Labute approximate surface area is 890 Å². The van der Waals surface area contributed by atoms with E-state index in [1.54, 1.807) is 7.11 Å². The van der Waals surface area contributed by atoms with Crippen molar-refractivity contribution < 1.29 is 66.3 Å². The van der Waals surface area contributed by atoms with Crippen LogP contribution in [0.15, 0.2) is 121 Å². The van der Waals surface area contributed by atoms with Crippen LogP contribution in [0.3, 0.4) is 0 Å². The molecule has 12 aliphatic carbocycles. The molecule has 12 fully saturated rings. The molecule has 12 aliphatic rings. The minimum Gasteiger partial charge on any atom is -0.491 e. The maximum absolute atomic E-state index is 5.88. The summed E-state index contributed by atoms with van der Waals surface area (Å²) in [4.78, 5) is 0. The first kappa shape index (κ1) is 134. The molecule has 13 unspecified atom stereocenters. The number of ether oxygens (including phenoxy) is 14. The van der Waals surface area contributed by atoms with Crippen LogP contribution in [0.25, 0.3) is 0 Å². The van der Waals surface area contributed by atoms with Gasteiger partial charge >= 0.3 is 0 Å². The lowest BCUT2D eigenvalue weighted by Gasteiger charge is -2.38. The van der Waals surface area contributed by atoms with Crippen molar-refractivity contribution in [3.8, 4) is 5.75 Å². The third kappa shape index (κ3) is 63.6. The molecule has 14 heteroatoms. The lowest BCUT2D eigenvalue weighted by molar-refractivity contribution is -0.0413. The molecule has 0 spiro atoms. The van der Waals surface area contributed by atoms with E-state index in [-0.39, 0.29) is 17.3 Å². The van der Waals surface area contributed by atoms with Crippen molar-refractivity contribution in [2.75, 3.05) is 86.4 Å². The Morgan fingerprint density at radius 3 is 1.13 bits per heavy atom. The zero-order chi connectivity index (χ0) is 106. The first-order valence-electron chi connectivity index (χ1n) is 59.7. The molecular formula is C130H232O14. The molecule has 0 amide bonds. The van der Waals surface area contributed by atoms with E-state index in [0.717, 1.165) is 176 Å².